The number of phosphoric acid groups is 4. The highest BCUT2D eigenvalue weighted by molar-refractivity contribution is 7.61. The standard InChI is InChI=1S/C9H17N3O17P4/c10-5-1-2-12(9(14)11-5)8-6(13)7(27-33(23,24)29-31(18,19)20)4(26-8)3-25-32(21,22)28-30(15,16)17/h1-2,4,6-8,13H,3H2,(H,21,22)(H,23,24)(H2,10,11,14)(H2,15,16,17)(H2,18,19,20)/t4-,6-,7-,8-/m1/s1. The predicted molar refractivity (Wildman–Crippen MR) is 99.6 cm³/mol. The van der Waals surface area contributed by atoms with Crippen LogP contribution in [0.1, 0.15) is 6.23 Å². The molecule has 1 aliphatic heterocycles. The third-order valence-electron chi connectivity index (χ3n) is 3.51. The van der Waals surface area contributed by atoms with Crippen molar-refractivity contribution in [2.24, 2.45) is 0 Å². The Balaban J connectivity index is 2.33. The first-order chi connectivity index (χ1) is 14.8. The average Bonchev–Trinajstić information content (AvgIpc) is 2.84. The van der Waals surface area contributed by atoms with E-state index >= 15 is 0 Å². The van der Waals surface area contributed by atoms with Gasteiger partial charge in [-0.2, -0.15) is 13.6 Å². The summed E-state index contributed by atoms with van der Waals surface area (Å²) in [6, 6.07) is 1.08. The van der Waals surface area contributed by atoms with Gasteiger partial charge >= 0.3 is 37.0 Å². The Bertz CT molecular complexity index is 1110. The van der Waals surface area contributed by atoms with E-state index in [1.165, 1.54) is 0 Å². The zero-order valence-corrected chi connectivity index (χ0v) is 19.2. The molecule has 9 N–H and O–H groups in total. The first kappa shape index (κ1) is 28.4. The van der Waals surface area contributed by atoms with Crippen LogP contribution in [0, 0.1) is 0 Å². The number of aliphatic hydroxyl groups is 1. The largest absolute Gasteiger partial charge is 0.481 e. The minimum absolute atomic E-state index is 0.234. The van der Waals surface area contributed by atoms with Crippen LogP contribution in [0.2, 0.25) is 0 Å². The molecule has 0 aliphatic carbocycles. The molecule has 0 aromatic carbocycles. The summed E-state index contributed by atoms with van der Waals surface area (Å²) in [6.45, 7) is -1.24. The van der Waals surface area contributed by atoms with Gasteiger partial charge in [-0.15, -0.1) is 0 Å². The van der Waals surface area contributed by atoms with Gasteiger partial charge in [0.25, 0.3) is 0 Å². The third kappa shape index (κ3) is 8.69. The second-order valence-corrected chi connectivity index (χ2v) is 11.7. The van der Waals surface area contributed by atoms with Gasteiger partial charge in [0.15, 0.2) is 6.23 Å². The zero-order valence-electron chi connectivity index (χ0n) is 15.6. The molecule has 33 heavy (non-hydrogen) atoms. The van der Waals surface area contributed by atoms with E-state index in [-0.39, 0.29) is 5.82 Å². The summed E-state index contributed by atoms with van der Waals surface area (Å²) in [7, 11) is -22.2. The van der Waals surface area contributed by atoms with Gasteiger partial charge in [-0.1, -0.05) is 0 Å². The highest BCUT2D eigenvalue weighted by Crippen LogP contribution is 2.60. The number of aliphatic hydroxyl groups excluding tert-OH is 1. The van der Waals surface area contributed by atoms with Gasteiger partial charge in [-0.3, -0.25) is 13.6 Å². The lowest BCUT2D eigenvalue weighted by Gasteiger charge is -2.23. The van der Waals surface area contributed by atoms with Gasteiger partial charge in [0, 0.05) is 6.20 Å². The number of hydrogen-bond acceptors (Lipinski definition) is 13. The van der Waals surface area contributed by atoms with E-state index in [2.05, 4.69) is 22.7 Å². The van der Waals surface area contributed by atoms with Crippen molar-refractivity contribution in [2.75, 3.05) is 12.3 Å². The SMILES string of the molecule is Nc1ccn([C@@H]2O[C@H](COP(=O)(O)OP(=O)(O)O)[C@@H](OP(=O)(O)OP(=O)(O)O)[C@H]2O)c(=O)n1. The van der Waals surface area contributed by atoms with Gasteiger partial charge in [-0.25, -0.2) is 23.1 Å². The summed E-state index contributed by atoms with van der Waals surface area (Å²) >= 11 is 0. The molecule has 20 nitrogen and oxygen atoms in total. The lowest BCUT2D eigenvalue weighted by molar-refractivity contribution is -0.0540. The molecule has 0 bridgehead atoms. The smallest absolute Gasteiger partial charge is 0.386 e. The van der Waals surface area contributed by atoms with E-state index in [0.29, 0.717) is 4.57 Å². The predicted octanol–water partition coefficient (Wildman–Crippen LogP) is -2.10. The number of nitrogen functional groups attached to an aromatic ring is 1. The molecule has 0 spiro atoms. The number of rotatable bonds is 10. The van der Waals surface area contributed by atoms with E-state index in [9.17, 15) is 37.9 Å². The highest BCUT2D eigenvalue weighted by atomic mass is 31.3. The fourth-order valence-corrected chi connectivity index (χ4v) is 5.86. The molecule has 2 unspecified atom stereocenters. The lowest BCUT2D eigenvalue weighted by Crippen LogP contribution is -2.37. The number of nitrogens with two attached hydrogens (primary N) is 1. The first-order valence-corrected chi connectivity index (χ1v) is 14.0. The molecule has 0 radical (unpaired) electrons. The molecule has 1 fully saturated rings. The molecule has 24 heteroatoms. The number of anilines is 1. The number of ether oxygens (including phenoxy) is 1. The Morgan fingerprint density at radius 3 is 2.09 bits per heavy atom. The summed E-state index contributed by atoms with van der Waals surface area (Å²) in [5, 5.41) is 10.5. The second kappa shape index (κ2) is 10.0. The first-order valence-electron chi connectivity index (χ1n) is 7.99. The maximum absolute atomic E-state index is 12.0. The van der Waals surface area contributed by atoms with Gasteiger partial charge in [0.2, 0.25) is 0 Å². The van der Waals surface area contributed by atoms with Crippen LogP contribution in [0.5, 0.6) is 0 Å². The number of nitrogens with zero attached hydrogens (tertiary/aromatic N) is 2. The van der Waals surface area contributed by atoms with Crippen molar-refractivity contribution in [3.8, 4) is 0 Å². The third-order valence-corrected chi connectivity index (χ3v) is 7.85. The molecule has 1 aromatic heterocycles. The summed E-state index contributed by atoms with van der Waals surface area (Å²) in [6.07, 6.45) is -6.96. The minimum Gasteiger partial charge on any atom is -0.386 e. The Labute approximate surface area is 182 Å². The molecular formula is C9H17N3O17P4. The summed E-state index contributed by atoms with van der Waals surface area (Å²) in [5.74, 6) is -0.234. The van der Waals surface area contributed by atoms with Crippen LogP contribution in [0.15, 0.2) is 17.1 Å². The summed E-state index contributed by atoms with van der Waals surface area (Å²) in [4.78, 5) is 68.9. The Morgan fingerprint density at radius 2 is 1.58 bits per heavy atom. The van der Waals surface area contributed by atoms with Crippen LogP contribution in [-0.2, 0) is 40.7 Å². The van der Waals surface area contributed by atoms with Crippen molar-refractivity contribution < 1.29 is 75.1 Å². The maximum atomic E-state index is 12.0. The zero-order chi connectivity index (χ0) is 25.4. The highest BCUT2D eigenvalue weighted by Gasteiger charge is 2.51. The van der Waals surface area contributed by atoms with Crippen molar-refractivity contribution in [1.82, 2.24) is 9.55 Å². The fourth-order valence-electron chi connectivity index (χ4n) is 2.47. The van der Waals surface area contributed by atoms with E-state index in [4.69, 9.17) is 30.0 Å². The fraction of sp³-hybridized carbons (Fsp3) is 0.556. The van der Waals surface area contributed by atoms with E-state index in [0.717, 1.165) is 12.3 Å². The van der Waals surface area contributed by atoms with Crippen molar-refractivity contribution in [2.45, 2.75) is 24.5 Å². The van der Waals surface area contributed by atoms with E-state index in [1.54, 1.807) is 0 Å². The monoisotopic (exact) mass is 563 g/mol. The molecule has 2 rings (SSSR count). The average molecular weight is 563 g/mol. The second-order valence-electron chi connectivity index (χ2n) is 6.05. The van der Waals surface area contributed by atoms with Crippen LogP contribution in [0.3, 0.4) is 0 Å². The summed E-state index contributed by atoms with van der Waals surface area (Å²) in [5.41, 5.74) is 4.23. The van der Waals surface area contributed by atoms with Crippen LogP contribution < -0.4 is 11.4 Å². The van der Waals surface area contributed by atoms with E-state index < -0.39 is 68.1 Å². The van der Waals surface area contributed by atoms with Crippen LogP contribution >= 0.6 is 31.3 Å². The Hall–Kier alpha value is -0.880. The van der Waals surface area contributed by atoms with Crippen LogP contribution in [-0.4, -0.2) is 68.9 Å². The Kier molecular flexibility index (Phi) is 8.60. The summed E-state index contributed by atoms with van der Waals surface area (Å²) < 4.78 is 66.9. The Morgan fingerprint density at radius 1 is 1.03 bits per heavy atom. The van der Waals surface area contributed by atoms with Crippen molar-refractivity contribution >= 4 is 37.1 Å². The van der Waals surface area contributed by atoms with Crippen LogP contribution in [0.4, 0.5) is 5.82 Å². The number of phosphoric ester groups is 2. The van der Waals surface area contributed by atoms with Crippen molar-refractivity contribution in [3.63, 3.8) is 0 Å². The normalized spacial score (nSPS) is 27.7. The van der Waals surface area contributed by atoms with Gasteiger partial charge in [0.05, 0.1) is 6.61 Å². The molecule has 6 atom stereocenters. The molecule has 0 amide bonds. The molecular weight excluding hydrogens is 546 g/mol. The molecule has 2 heterocycles. The van der Waals surface area contributed by atoms with Gasteiger partial charge < -0.3 is 44.9 Å². The van der Waals surface area contributed by atoms with Crippen molar-refractivity contribution in [1.29, 1.82) is 0 Å². The van der Waals surface area contributed by atoms with Crippen LogP contribution in [0.25, 0.3) is 0 Å². The molecule has 1 saturated heterocycles. The van der Waals surface area contributed by atoms with E-state index in [1.807, 2.05) is 0 Å². The molecule has 1 aromatic rings. The van der Waals surface area contributed by atoms with Gasteiger partial charge in [0.1, 0.15) is 24.1 Å². The maximum Gasteiger partial charge on any atom is 0.481 e. The molecule has 1 aliphatic rings. The molecule has 190 valence electrons. The number of hydrogen-bond donors (Lipinski definition) is 8. The topological polar surface area (TPSA) is 317 Å². The number of aromatic nitrogens is 2. The van der Waals surface area contributed by atoms with Gasteiger partial charge in [-0.05, 0) is 6.07 Å². The quantitative estimate of drug-likeness (QED) is 0.141. The molecule has 0 saturated carbocycles. The lowest BCUT2D eigenvalue weighted by atomic mass is 10.1. The minimum atomic E-state index is -5.64. The van der Waals surface area contributed by atoms with Crippen molar-refractivity contribution in [3.05, 3.63) is 22.7 Å².